The molecule has 2 aliphatic carbocycles. The van der Waals surface area contributed by atoms with Crippen LogP contribution in [0.1, 0.15) is 44.4 Å². The minimum absolute atomic E-state index is 0.0706. The number of hydrogen-bond donors (Lipinski definition) is 1. The van der Waals surface area contributed by atoms with Crippen molar-refractivity contribution in [1.29, 1.82) is 15.8 Å². The second-order valence-electron chi connectivity index (χ2n) is 8.33. The molecule has 0 radical (unpaired) electrons. The Balaban J connectivity index is 2.27. The Morgan fingerprint density at radius 3 is 2.37 bits per heavy atom. The minimum atomic E-state index is -1.56. The van der Waals surface area contributed by atoms with Crippen molar-refractivity contribution in [2.24, 2.45) is 28.4 Å². The van der Waals surface area contributed by atoms with Crippen molar-refractivity contribution in [1.82, 2.24) is 0 Å². The molecule has 0 amide bonds. The molecule has 0 saturated carbocycles. The van der Waals surface area contributed by atoms with Gasteiger partial charge < -0.3 is 5.73 Å². The van der Waals surface area contributed by atoms with E-state index in [4.69, 9.17) is 17.3 Å². The Morgan fingerprint density at radius 1 is 1.22 bits per heavy atom. The first-order chi connectivity index (χ1) is 12.7. The fourth-order valence-corrected chi connectivity index (χ4v) is 5.61. The Kier molecular flexibility index (Phi) is 4.85. The number of nitrogens with two attached hydrogens (primary N) is 1. The number of hydrogen-bond acceptors (Lipinski definition) is 5. The molecule has 0 fully saturated rings. The number of fused-ring (bicyclic) bond motifs is 1. The second-order valence-corrected chi connectivity index (χ2v) is 10.1. The predicted octanol–water partition coefficient (Wildman–Crippen LogP) is 5.27. The zero-order valence-electron chi connectivity index (χ0n) is 15.6. The monoisotopic (exact) mass is 396 g/mol. The lowest BCUT2D eigenvalue weighted by molar-refractivity contribution is 0.181. The minimum Gasteiger partial charge on any atom is -0.399 e. The van der Waals surface area contributed by atoms with Crippen LogP contribution in [-0.4, -0.2) is 0 Å². The number of nitriles is 3. The van der Waals surface area contributed by atoms with Crippen LogP contribution in [-0.2, 0) is 0 Å². The van der Waals surface area contributed by atoms with Crippen molar-refractivity contribution in [2.75, 3.05) is 0 Å². The van der Waals surface area contributed by atoms with Crippen molar-refractivity contribution in [3.05, 3.63) is 44.3 Å². The molecule has 4 nitrogen and oxygen atoms in total. The van der Waals surface area contributed by atoms with Crippen LogP contribution < -0.4 is 5.73 Å². The highest BCUT2D eigenvalue weighted by atomic mass is 35.5. The summed E-state index contributed by atoms with van der Waals surface area (Å²) in [4.78, 5) is 0.953. The van der Waals surface area contributed by atoms with Gasteiger partial charge in [0.05, 0.1) is 33.8 Å². The Hall–Kier alpha value is -2.26. The van der Waals surface area contributed by atoms with Gasteiger partial charge in [0, 0.05) is 10.8 Å². The van der Waals surface area contributed by atoms with Crippen molar-refractivity contribution < 1.29 is 0 Å². The van der Waals surface area contributed by atoms with E-state index < -0.39 is 5.41 Å². The lowest BCUT2D eigenvalue weighted by Crippen LogP contribution is -2.42. The van der Waals surface area contributed by atoms with E-state index in [2.05, 4.69) is 39.0 Å². The summed E-state index contributed by atoms with van der Waals surface area (Å²) in [7, 11) is 0. The maximum Gasteiger partial charge on any atom is 0.204 e. The van der Waals surface area contributed by atoms with E-state index in [9.17, 15) is 15.8 Å². The first-order valence-corrected chi connectivity index (χ1v) is 10.1. The molecular weight excluding hydrogens is 376 g/mol. The molecule has 0 saturated heterocycles. The second kappa shape index (κ2) is 6.72. The highest BCUT2D eigenvalue weighted by Crippen LogP contribution is 2.58. The van der Waals surface area contributed by atoms with Crippen LogP contribution in [0.25, 0.3) is 0 Å². The Labute approximate surface area is 169 Å². The predicted molar refractivity (Wildman–Crippen MR) is 106 cm³/mol. The zero-order valence-corrected chi connectivity index (χ0v) is 17.2. The lowest BCUT2D eigenvalue weighted by Gasteiger charge is -2.46. The van der Waals surface area contributed by atoms with Gasteiger partial charge in [-0.1, -0.05) is 38.4 Å². The summed E-state index contributed by atoms with van der Waals surface area (Å²) in [5, 5.41) is 29.7. The van der Waals surface area contributed by atoms with Crippen molar-refractivity contribution in [2.45, 2.75) is 39.5 Å². The summed E-state index contributed by atoms with van der Waals surface area (Å²) in [5.41, 5.74) is 5.97. The van der Waals surface area contributed by atoms with E-state index in [0.29, 0.717) is 15.8 Å². The first-order valence-electron chi connectivity index (χ1n) is 8.88. The molecule has 0 unspecified atom stereocenters. The van der Waals surface area contributed by atoms with Crippen molar-refractivity contribution >= 4 is 22.9 Å². The molecule has 0 spiro atoms. The quantitative estimate of drug-likeness (QED) is 0.654. The highest BCUT2D eigenvalue weighted by Gasteiger charge is 2.53. The molecule has 2 N–H and O–H groups in total. The Bertz CT molecular complexity index is 944. The van der Waals surface area contributed by atoms with Gasteiger partial charge in [-0.3, -0.25) is 0 Å². The summed E-state index contributed by atoms with van der Waals surface area (Å²) >= 11 is 7.59. The maximum absolute atomic E-state index is 9.90. The van der Waals surface area contributed by atoms with Crippen LogP contribution in [0.15, 0.2) is 35.1 Å². The number of rotatable bonds is 1. The van der Waals surface area contributed by atoms with E-state index in [1.54, 1.807) is 0 Å². The van der Waals surface area contributed by atoms with Crippen LogP contribution in [0.4, 0.5) is 0 Å². The number of halogens is 1. The van der Waals surface area contributed by atoms with Gasteiger partial charge in [0.1, 0.15) is 0 Å². The lowest BCUT2D eigenvalue weighted by atomic mass is 9.56. The standard InChI is InChI=1S/C21H21ClN4S/c1-20(2,3)12-4-5-15-13(8-12)18(16-6-7-17(22)27-16)14(9-23)19(26)21(15,10-24)11-25/h5-7,12-13,18H,4,8,26H2,1-3H3/t12-,13+,18+/m1/s1. The molecule has 6 heteroatoms. The van der Waals surface area contributed by atoms with Gasteiger partial charge in [-0.05, 0) is 47.8 Å². The first kappa shape index (κ1) is 19.5. The fraction of sp³-hybridized carbons (Fsp3) is 0.476. The van der Waals surface area contributed by atoms with Crippen LogP contribution in [0.2, 0.25) is 4.34 Å². The van der Waals surface area contributed by atoms with E-state index >= 15 is 0 Å². The molecule has 0 aliphatic heterocycles. The molecule has 3 atom stereocenters. The van der Waals surface area contributed by atoms with Gasteiger partial charge in [0.15, 0.2) is 0 Å². The average molecular weight is 397 g/mol. The summed E-state index contributed by atoms with van der Waals surface area (Å²) < 4.78 is 0.645. The van der Waals surface area contributed by atoms with E-state index in [1.165, 1.54) is 11.3 Å². The SMILES string of the molecule is CC(C)(C)[C@@H]1CC=C2[C@H](C1)[C@H](c1ccc(Cl)s1)C(C#N)=C(N)C2(C#N)C#N. The molecule has 0 aromatic carbocycles. The van der Waals surface area contributed by atoms with Crippen LogP contribution in [0, 0.1) is 56.7 Å². The van der Waals surface area contributed by atoms with Crippen molar-refractivity contribution in [3.8, 4) is 18.2 Å². The van der Waals surface area contributed by atoms with Gasteiger partial charge in [-0.15, -0.1) is 11.3 Å². The van der Waals surface area contributed by atoms with E-state index in [0.717, 1.165) is 23.3 Å². The molecule has 27 heavy (non-hydrogen) atoms. The molecule has 2 aliphatic rings. The summed E-state index contributed by atoms with van der Waals surface area (Å²) in [5.74, 6) is 0.0104. The molecule has 3 rings (SSSR count). The normalized spacial score (nSPS) is 27.0. The Morgan fingerprint density at radius 2 is 1.89 bits per heavy atom. The molecular formula is C21H21ClN4S. The topological polar surface area (TPSA) is 97.4 Å². The van der Waals surface area contributed by atoms with Crippen molar-refractivity contribution in [3.63, 3.8) is 0 Å². The zero-order chi connectivity index (χ0) is 20.0. The van der Waals surface area contributed by atoms with Gasteiger partial charge in [-0.2, -0.15) is 15.8 Å². The molecule has 1 aromatic rings. The molecule has 0 bridgehead atoms. The van der Waals surface area contributed by atoms with Gasteiger partial charge in [0.2, 0.25) is 5.41 Å². The highest BCUT2D eigenvalue weighted by molar-refractivity contribution is 7.16. The molecule has 138 valence electrons. The fourth-order valence-electron chi connectivity index (χ4n) is 4.37. The third-order valence-electron chi connectivity index (χ3n) is 5.98. The average Bonchev–Trinajstić information content (AvgIpc) is 3.06. The summed E-state index contributed by atoms with van der Waals surface area (Å²) in [6, 6.07) is 10.2. The number of allylic oxidation sites excluding steroid dienone is 3. The summed E-state index contributed by atoms with van der Waals surface area (Å²) in [6.45, 7) is 6.61. The van der Waals surface area contributed by atoms with Crippen LogP contribution in [0.5, 0.6) is 0 Å². The molecule has 1 aromatic heterocycles. The molecule has 1 heterocycles. The van der Waals surface area contributed by atoms with Gasteiger partial charge in [-0.25, -0.2) is 0 Å². The maximum atomic E-state index is 9.90. The number of nitrogens with zero attached hydrogens (tertiary/aromatic N) is 3. The van der Waals surface area contributed by atoms with Crippen LogP contribution >= 0.6 is 22.9 Å². The van der Waals surface area contributed by atoms with E-state index in [-0.39, 0.29) is 22.9 Å². The largest absolute Gasteiger partial charge is 0.399 e. The number of thiophene rings is 1. The third kappa shape index (κ3) is 2.94. The summed E-state index contributed by atoms with van der Waals surface area (Å²) in [6.07, 6.45) is 3.63. The van der Waals surface area contributed by atoms with E-state index in [1.807, 2.05) is 18.2 Å². The smallest absolute Gasteiger partial charge is 0.204 e. The van der Waals surface area contributed by atoms with Crippen LogP contribution in [0.3, 0.4) is 0 Å². The van der Waals surface area contributed by atoms with Gasteiger partial charge >= 0.3 is 0 Å². The van der Waals surface area contributed by atoms with Gasteiger partial charge in [0.25, 0.3) is 0 Å². The third-order valence-corrected chi connectivity index (χ3v) is 7.30.